The van der Waals surface area contributed by atoms with E-state index in [1.54, 1.807) is 0 Å². The van der Waals surface area contributed by atoms with Gasteiger partial charge in [0, 0.05) is 5.69 Å². The van der Waals surface area contributed by atoms with Gasteiger partial charge in [0.15, 0.2) is 0 Å². The van der Waals surface area contributed by atoms with Gasteiger partial charge in [0.1, 0.15) is 0 Å². The molecule has 2 nitrogen and oxygen atoms in total. The second kappa shape index (κ2) is 4.96. The molecule has 0 bridgehead atoms. The molecule has 0 heterocycles. The minimum Gasteiger partial charge on any atom is -0.471 e. The average molecular weight is 209 g/mol. The molecule has 76 valence electrons. The number of ether oxygens (including phenoxy) is 1. The van der Waals surface area contributed by atoms with Crippen molar-refractivity contribution >= 4 is 23.1 Å². The van der Waals surface area contributed by atoms with Gasteiger partial charge in [-0.2, -0.15) is 0 Å². The fraction of sp³-hybridized carbons (Fsp3) is 0.364. The Morgan fingerprint density at radius 1 is 1.36 bits per heavy atom. The van der Waals surface area contributed by atoms with Crippen LogP contribution in [0.5, 0.6) is 0 Å². The average Bonchev–Trinajstić information content (AvgIpc) is 2.12. The molecular weight excluding hydrogens is 194 g/mol. The summed E-state index contributed by atoms with van der Waals surface area (Å²) in [6, 6.07) is 6.11. The lowest BCUT2D eigenvalue weighted by atomic mass is 10.1. The summed E-state index contributed by atoms with van der Waals surface area (Å²) < 4.78 is 5.14. The van der Waals surface area contributed by atoms with Gasteiger partial charge in [-0.05, 0) is 56.2 Å². The quantitative estimate of drug-likeness (QED) is 0.756. The number of thiocarbonyl (C=S) groups is 1. The largest absolute Gasteiger partial charge is 0.471 e. The van der Waals surface area contributed by atoms with E-state index in [2.05, 4.69) is 31.3 Å². The van der Waals surface area contributed by atoms with E-state index in [4.69, 9.17) is 17.0 Å². The molecule has 1 rings (SSSR count). The van der Waals surface area contributed by atoms with Crippen LogP contribution in [0.3, 0.4) is 0 Å². The molecule has 14 heavy (non-hydrogen) atoms. The summed E-state index contributed by atoms with van der Waals surface area (Å²) in [4.78, 5) is 0. The second-order valence-corrected chi connectivity index (χ2v) is 3.52. The zero-order chi connectivity index (χ0) is 10.6. The maximum absolute atomic E-state index is 5.14. The normalized spacial score (nSPS) is 9.64. The topological polar surface area (TPSA) is 21.3 Å². The molecular formula is C11H15NOS. The van der Waals surface area contributed by atoms with E-state index in [0.717, 1.165) is 5.69 Å². The van der Waals surface area contributed by atoms with Crippen molar-refractivity contribution in [2.75, 3.05) is 11.9 Å². The van der Waals surface area contributed by atoms with Gasteiger partial charge in [-0.1, -0.05) is 6.07 Å². The number of rotatable bonds is 2. The first kappa shape index (κ1) is 11.0. The smallest absolute Gasteiger partial charge is 0.261 e. The second-order valence-electron chi connectivity index (χ2n) is 3.14. The fourth-order valence-electron chi connectivity index (χ4n) is 1.10. The predicted octanol–water partition coefficient (Wildman–Crippen LogP) is 3.04. The number of hydrogen-bond acceptors (Lipinski definition) is 2. The van der Waals surface area contributed by atoms with Crippen molar-refractivity contribution in [3.63, 3.8) is 0 Å². The molecule has 0 unspecified atom stereocenters. The van der Waals surface area contributed by atoms with Crippen LogP contribution < -0.4 is 5.32 Å². The molecule has 0 saturated carbocycles. The SMILES string of the molecule is CCOC(=S)Nc1ccc(C)c(C)c1. The standard InChI is InChI=1S/C11H15NOS/c1-4-13-11(14)12-10-6-5-8(2)9(3)7-10/h5-7H,4H2,1-3H3,(H,12,14). The van der Waals surface area contributed by atoms with E-state index in [9.17, 15) is 0 Å². The minimum atomic E-state index is 0.427. The van der Waals surface area contributed by atoms with Crippen LogP contribution in [0.2, 0.25) is 0 Å². The zero-order valence-corrected chi connectivity index (χ0v) is 9.57. The van der Waals surface area contributed by atoms with Crippen molar-refractivity contribution in [2.24, 2.45) is 0 Å². The molecule has 1 aromatic rings. The van der Waals surface area contributed by atoms with Crippen molar-refractivity contribution < 1.29 is 4.74 Å². The van der Waals surface area contributed by atoms with Gasteiger partial charge in [-0.15, -0.1) is 0 Å². The molecule has 0 amide bonds. The Morgan fingerprint density at radius 2 is 2.07 bits per heavy atom. The molecule has 0 atom stereocenters. The monoisotopic (exact) mass is 209 g/mol. The van der Waals surface area contributed by atoms with E-state index in [0.29, 0.717) is 11.8 Å². The lowest BCUT2D eigenvalue weighted by molar-refractivity contribution is 0.335. The number of hydrogen-bond donors (Lipinski definition) is 1. The van der Waals surface area contributed by atoms with Crippen LogP contribution in [-0.4, -0.2) is 11.8 Å². The van der Waals surface area contributed by atoms with Gasteiger partial charge in [-0.25, -0.2) is 0 Å². The van der Waals surface area contributed by atoms with Gasteiger partial charge in [0.05, 0.1) is 6.61 Å². The fourth-order valence-corrected chi connectivity index (χ4v) is 1.34. The highest BCUT2D eigenvalue weighted by atomic mass is 32.1. The highest BCUT2D eigenvalue weighted by Gasteiger charge is 1.98. The first-order valence-electron chi connectivity index (χ1n) is 4.64. The zero-order valence-electron chi connectivity index (χ0n) is 8.76. The van der Waals surface area contributed by atoms with Crippen molar-refractivity contribution in [3.8, 4) is 0 Å². The van der Waals surface area contributed by atoms with Gasteiger partial charge < -0.3 is 10.1 Å². The van der Waals surface area contributed by atoms with Gasteiger partial charge in [-0.3, -0.25) is 0 Å². The molecule has 0 spiro atoms. The van der Waals surface area contributed by atoms with Crippen LogP contribution in [-0.2, 0) is 4.74 Å². The van der Waals surface area contributed by atoms with E-state index >= 15 is 0 Å². The van der Waals surface area contributed by atoms with Gasteiger partial charge in [0.2, 0.25) is 0 Å². The highest BCUT2D eigenvalue weighted by molar-refractivity contribution is 7.80. The number of anilines is 1. The first-order valence-corrected chi connectivity index (χ1v) is 5.05. The summed E-state index contributed by atoms with van der Waals surface area (Å²) in [7, 11) is 0. The molecule has 0 aliphatic heterocycles. The molecule has 3 heteroatoms. The third-order valence-corrected chi connectivity index (χ3v) is 2.25. The summed E-state index contributed by atoms with van der Waals surface area (Å²) >= 11 is 4.98. The molecule has 0 aromatic heterocycles. The Kier molecular flexibility index (Phi) is 3.89. The Hall–Kier alpha value is -1.09. The van der Waals surface area contributed by atoms with Crippen molar-refractivity contribution in [3.05, 3.63) is 29.3 Å². The van der Waals surface area contributed by atoms with Crippen LogP contribution in [0.15, 0.2) is 18.2 Å². The van der Waals surface area contributed by atoms with E-state index in [-0.39, 0.29) is 0 Å². The highest BCUT2D eigenvalue weighted by Crippen LogP contribution is 2.14. The molecule has 0 radical (unpaired) electrons. The third-order valence-electron chi connectivity index (χ3n) is 2.03. The van der Waals surface area contributed by atoms with Gasteiger partial charge in [0.25, 0.3) is 5.17 Å². The lowest BCUT2D eigenvalue weighted by Gasteiger charge is -2.09. The molecule has 1 aromatic carbocycles. The van der Waals surface area contributed by atoms with E-state index < -0.39 is 0 Å². The van der Waals surface area contributed by atoms with Crippen LogP contribution in [0.25, 0.3) is 0 Å². The Morgan fingerprint density at radius 3 is 2.64 bits per heavy atom. The van der Waals surface area contributed by atoms with Crippen LogP contribution in [0.4, 0.5) is 5.69 Å². The van der Waals surface area contributed by atoms with Gasteiger partial charge >= 0.3 is 0 Å². The Balaban J connectivity index is 2.68. The maximum Gasteiger partial charge on any atom is 0.261 e. The number of nitrogens with one attached hydrogen (secondary N) is 1. The van der Waals surface area contributed by atoms with Crippen molar-refractivity contribution in [1.29, 1.82) is 0 Å². The summed E-state index contributed by atoms with van der Waals surface area (Å²) in [5.41, 5.74) is 3.50. The number of aryl methyl sites for hydroxylation is 2. The van der Waals surface area contributed by atoms with E-state index in [1.807, 2.05) is 13.0 Å². The minimum absolute atomic E-state index is 0.427. The lowest BCUT2D eigenvalue weighted by Crippen LogP contribution is -2.12. The molecule has 0 saturated heterocycles. The first-order chi connectivity index (χ1) is 6.63. The Labute approximate surface area is 90.3 Å². The van der Waals surface area contributed by atoms with Crippen molar-refractivity contribution in [2.45, 2.75) is 20.8 Å². The molecule has 0 aliphatic carbocycles. The maximum atomic E-state index is 5.14. The third kappa shape index (κ3) is 3.00. The number of benzene rings is 1. The van der Waals surface area contributed by atoms with Crippen LogP contribution in [0.1, 0.15) is 18.1 Å². The predicted molar refractivity (Wildman–Crippen MR) is 63.8 cm³/mol. The summed E-state index contributed by atoms with van der Waals surface area (Å²) in [6.07, 6.45) is 0. The molecule has 0 fully saturated rings. The van der Waals surface area contributed by atoms with Crippen LogP contribution >= 0.6 is 12.2 Å². The molecule has 1 N–H and O–H groups in total. The summed E-state index contributed by atoms with van der Waals surface area (Å²) in [5, 5.41) is 3.45. The van der Waals surface area contributed by atoms with Crippen molar-refractivity contribution in [1.82, 2.24) is 0 Å². The van der Waals surface area contributed by atoms with Crippen LogP contribution in [0, 0.1) is 13.8 Å². The summed E-state index contributed by atoms with van der Waals surface area (Å²) in [6.45, 7) is 6.66. The summed E-state index contributed by atoms with van der Waals surface area (Å²) in [5.74, 6) is 0. The van der Waals surface area contributed by atoms with E-state index in [1.165, 1.54) is 11.1 Å². The Bertz CT molecular complexity index is 336. The molecule has 0 aliphatic rings.